The highest BCUT2D eigenvalue weighted by Gasteiger charge is 2.25. The standard InChI is InChI=1S/C22H32N6O3S2/c1-8-27(9-2)33(30,31)17-11-12-19-18(13-17)23-22(28(19)10-3)32-16(6)21(29)24-20-14(4)25-26(7)15(20)5/h11-13,16H,8-10H2,1-7H3,(H,24,29)/t16-/m0/s1. The molecule has 0 saturated carbocycles. The number of nitrogens with one attached hydrogen (secondary N) is 1. The van der Waals surface area contributed by atoms with Crippen LogP contribution in [0.25, 0.3) is 11.0 Å². The Labute approximate surface area is 199 Å². The van der Waals surface area contributed by atoms with Crippen LogP contribution in [-0.2, 0) is 28.4 Å². The number of benzene rings is 1. The van der Waals surface area contributed by atoms with Crippen LogP contribution < -0.4 is 5.32 Å². The third-order valence-electron chi connectivity index (χ3n) is 5.75. The van der Waals surface area contributed by atoms with Gasteiger partial charge in [0.1, 0.15) is 0 Å². The van der Waals surface area contributed by atoms with Crippen LogP contribution >= 0.6 is 11.8 Å². The number of hydrogen-bond acceptors (Lipinski definition) is 6. The minimum atomic E-state index is -3.58. The number of carbonyl (C=O) groups excluding carboxylic acids is 1. The lowest BCUT2D eigenvalue weighted by molar-refractivity contribution is -0.115. The Balaban J connectivity index is 1.89. The van der Waals surface area contributed by atoms with Gasteiger partial charge in [0, 0.05) is 26.7 Å². The van der Waals surface area contributed by atoms with Crippen LogP contribution in [0.5, 0.6) is 0 Å². The lowest BCUT2D eigenvalue weighted by Gasteiger charge is -2.18. The molecule has 2 heterocycles. The van der Waals surface area contributed by atoms with Gasteiger partial charge in [-0.3, -0.25) is 9.48 Å². The van der Waals surface area contributed by atoms with E-state index in [1.807, 2.05) is 53.2 Å². The largest absolute Gasteiger partial charge is 0.322 e. The molecule has 0 unspecified atom stereocenters. The number of rotatable bonds is 9. The van der Waals surface area contributed by atoms with Crippen molar-refractivity contribution in [3.05, 3.63) is 29.6 Å². The number of aromatic nitrogens is 4. The van der Waals surface area contributed by atoms with Gasteiger partial charge in [0.25, 0.3) is 0 Å². The van der Waals surface area contributed by atoms with Gasteiger partial charge in [-0.1, -0.05) is 25.6 Å². The van der Waals surface area contributed by atoms with Gasteiger partial charge in [-0.25, -0.2) is 13.4 Å². The zero-order chi connectivity index (χ0) is 24.5. The molecule has 9 nitrogen and oxygen atoms in total. The van der Waals surface area contributed by atoms with Crippen LogP contribution in [0.3, 0.4) is 0 Å². The Morgan fingerprint density at radius 3 is 2.42 bits per heavy atom. The van der Waals surface area contributed by atoms with Crippen molar-refractivity contribution in [1.82, 2.24) is 23.6 Å². The molecule has 1 N–H and O–H groups in total. The molecule has 0 spiro atoms. The normalized spacial score (nSPS) is 13.1. The summed E-state index contributed by atoms with van der Waals surface area (Å²) >= 11 is 1.35. The van der Waals surface area contributed by atoms with Gasteiger partial charge in [0.15, 0.2) is 5.16 Å². The van der Waals surface area contributed by atoms with Crippen LogP contribution in [0, 0.1) is 13.8 Å². The van der Waals surface area contributed by atoms with Gasteiger partial charge in [-0.05, 0) is 45.9 Å². The second kappa shape index (κ2) is 9.86. The summed E-state index contributed by atoms with van der Waals surface area (Å²) in [5.41, 5.74) is 3.82. The highest BCUT2D eigenvalue weighted by atomic mass is 32.2. The molecule has 1 atom stereocenters. The van der Waals surface area contributed by atoms with E-state index < -0.39 is 15.3 Å². The molecule has 3 aromatic rings. The Bertz CT molecular complexity index is 1280. The number of fused-ring (bicyclic) bond motifs is 1. The van der Waals surface area contributed by atoms with Gasteiger partial charge in [-0.2, -0.15) is 9.40 Å². The maximum atomic E-state index is 12.9. The summed E-state index contributed by atoms with van der Waals surface area (Å²) in [4.78, 5) is 17.8. The Morgan fingerprint density at radius 2 is 1.88 bits per heavy atom. The van der Waals surface area contributed by atoms with E-state index in [4.69, 9.17) is 0 Å². The fourth-order valence-corrected chi connectivity index (χ4v) is 6.21. The average Bonchev–Trinajstić information content (AvgIpc) is 3.24. The molecule has 0 aliphatic heterocycles. The molecule has 11 heteroatoms. The van der Waals surface area contributed by atoms with Crippen molar-refractivity contribution in [3.8, 4) is 0 Å². The third-order valence-corrected chi connectivity index (χ3v) is 8.89. The number of thioether (sulfide) groups is 1. The zero-order valence-electron chi connectivity index (χ0n) is 20.2. The summed E-state index contributed by atoms with van der Waals surface area (Å²) in [6.45, 7) is 12.7. The molecule has 1 amide bonds. The quantitative estimate of drug-likeness (QED) is 0.458. The Hall–Kier alpha value is -2.37. The van der Waals surface area contributed by atoms with Crippen LogP contribution in [-0.4, -0.2) is 56.3 Å². The van der Waals surface area contributed by atoms with Crippen LogP contribution in [0.1, 0.15) is 39.1 Å². The predicted octanol–water partition coefficient (Wildman–Crippen LogP) is 3.56. The van der Waals surface area contributed by atoms with E-state index in [-0.39, 0.29) is 10.8 Å². The number of hydrogen-bond donors (Lipinski definition) is 1. The fraction of sp³-hybridized carbons (Fsp3) is 0.500. The molecule has 33 heavy (non-hydrogen) atoms. The second-order valence-electron chi connectivity index (χ2n) is 7.80. The monoisotopic (exact) mass is 492 g/mol. The van der Waals surface area contributed by atoms with E-state index in [0.29, 0.717) is 30.3 Å². The maximum absolute atomic E-state index is 12.9. The highest BCUT2D eigenvalue weighted by molar-refractivity contribution is 8.00. The summed E-state index contributed by atoms with van der Waals surface area (Å²) in [7, 11) is -1.73. The van der Waals surface area contributed by atoms with Gasteiger partial charge in [-0.15, -0.1) is 0 Å². The molecule has 0 bridgehead atoms. The Kier molecular flexibility index (Phi) is 7.55. The van der Waals surface area contributed by atoms with Crippen LogP contribution in [0.4, 0.5) is 5.69 Å². The first-order valence-corrected chi connectivity index (χ1v) is 13.3. The summed E-state index contributed by atoms with van der Waals surface area (Å²) in [6, 6.07) is 5.04. The number of aryl methyl sites for hydroxylation is 3. The molecular weight excluding hydrogens is 460 g/mol. The first-order chi connectivity index (χ1) is 15.5. The molecule has 0 fully saturated rings. The Morgan fingerprint density at radius 1 is 1.21 bits per heavy atom. The highest BCUT2D eigenvalue weighted by Crippen LogP contribution is 2.30. The first kappa shape index (κ1) is 25.3. The zero-order valence-corrected chi connectivity index (χ0v) is 21.8. The molecule has 0 radical (unpaired) electrons. The minimum absolute atomic E-state index is 0.140. The molecule has 180 valence electrons. The molecule has 3 rings (SSSR count). The molecule has 1 aromatic carbocycles. The fourth-order valence-electron chi connectivity index (χ4n) is 3.75. The van der Waals surface area contributed by atoms with Crippen LogP contribution in [0.2, 0.25) is 0 Å². The summed E-state index contributed by atoms with van der Waals surface area (Å²) < 4.78 is 31.0. The predicted molar refractivity (Wildman–Crippen MR) is 132 cm³/mol. The smallest absolute Gasteiger partial charge is 0.243 e. The van der Waals surface area contributed by atoms with Crippen molar-refractivity contribution in [2.75, 3.05) is 18.4 Å². The average molecular weight is 493 g/mol. The van der Waals surface area contributed by atoms with Crippen molar-refractivity contribution in [3.63, 3.8) is 0 Å². The first-order valence-electron chi connectivity index (χ1n) is 11.0. The summed E-state index contributed by atoms with van der Waals surface area (Å²) in [5, 5.41) is 7.58. The lowest BCUT2D eigenvalue weighted by atomic mass is 10.3. The van der Waals surface area contributed by atoms with Crippen molar-refractivity contribution in [2.45, 2.75) is 63.4 Å². The van der Waals surface area contributed by atoms with E-state index in [9.17, 15) is 13.2 Å². The number of imidazole rings is 1. The van der Waals surface area contributed by atoms with Crippen molar-refractivity contribution in [1.29, 1.82) is 0 Å². The number of carbonyl (C=O) groups is 1. The summed E-state index contributed by atoms with van der Waals surface area (Å²) in [6.07, 6.45) is 0. The third kappa shape index (κ3) is 4.80. The van der Waals surface area contributed by atoms with E-state index in [0.717, 1.165) is 22.6 Å². The molecule has 0 saturated heterocycles. The molecular formula is C22H32N6O3S2. The van der Waals surface area contributed by atoms with Crippen molar-refractivity contribution < 1.29 is 13.2 Å². The number of anilines is 1. The van der Waals surface area contributed by atoms with E-state index >= 15 is 0 Å². The van der Waals surface area contributed by atoms with E-state index in [2.05, 4.69) is 15.4 Å². The minimum Gasteiger partial charge on any atom is -0.322 e. The van der Waals surface area contributed by atoms with E-state index in [1.165, 1.54) is 16.1 Å². The van der Waals surface area contributed by atoms with Crippen LogP contribution in [0.15, 0.2) is 28.3 Å². The van der Waals surface area contributed by atoms with E-state index in [1.54, 1.807) is 22.9 Å². The maximum Gasteiger partial charge on any atom is 0.243 e. The van der Waals surface area contributed by atoms with Gasteiger partial charge >= 0.3 is 0 Å². The molecule has 0 aliphatic carbocycles. The van der Waals surface area contributed by atoms with Gasteiger partial charge in [0.2, 0.25) is 15.9 Å². The lowest BCUT2D eigenvalue weighted by Crippen LogP contribution is -2.30. The van der Waals surface area contributed by atoms with Crippen molar-refractivity contribution >= 4 is 44.4 Å². The molecule has 2 aromatic heterocycles. The summed E-state index contributed by atoms with van der Waals surface area (Å²) in [5.74, 6) is -0.140. The second-order valence-corrected chi connectivity index (χ2v) is 11.0. The SMILES string of the molecule is CCN(CC)S(=O)(=O)c1ccc2c(c1)nc(S[C@@H](C)C(=O)Nc1c(C)nn(C)c1C)n2CC. The topological polar surface area (TPSA) is 102 Å². The number of nitrogens with zero attached hydrogens (tertiary/aromatic N) is 5. The van der Waals surface area contributed by atoms with Crippen molar-refractivity contribution in [2.24, 2.45) is 7.05 Å². The number of sulfonamides is 1. The molecule has 0 aliphatic rings. The van der Waals surface area contributed by atoms with Gasteiger partial charge in [0.05, 0.1) is 38.3 Å². The number of amides is 1. The van der Waals surface area contributed by atoms with Gasteiger partial charge < -0.3 is 9.88 Å².